The van der Waals surface area contributed by atoms with Gasteiger partial charge < -0.3 is 10.6 Å². The molecule has 2 N–H and O–H groups in total. The Labute approximate surface area is 122 Å². The van der Waals surface area contributed by atoms with Crippen molar-refractivity contribution in [3.05, 3.63) is 16.1 Å². The molecule has 20 heavy (non-hydrogen) atoms. The maximum Gasteiger partial charge on any atom is 0.265 e. The van der Waals surface area contributed by atoms with E-state index >= 15 is 0 Å². The lowest BCUT2D eigenvalue weighted by Gasteiger charge is -2.15. The summed E-state index contributed by atoms with van der Waals surface area (Å²) in [6, 6.07) is 0. The van der Waals surface area contributed by atoms with Crippen LogP contribution in [0.1, 0.15) is 40.7 Å². The molecule has 1 amide bonds. The Kier molecular flexibility index (Phi) is 4.23. The zero-order valence-electron chi connectivity index (χ0n) is 12.4. The van der Waals surface area contributed by atoms with Gasteiger partial charge in [0.05, 0.1) is 11.4 Å². The van der Waals surface area contributed by atoms with Gasteiger partial charge in [0.2, 0.25) is 0 Å². The second-order valence-electron chi connectivity index (χ2n) is 5.02. The fourth-order valence-corrected chi connectivity index (χ4v) is 3.16. The van der Waals surface area contributed by atoms with Gasteiger partial charge >= 0.3 is 0 Å². The fraction of sp³-hybridized carbons (Fsp3) is 0.500. The first-order valence-electron chi connectivity index (χ1n) is 6.74. The Bertz CT molecular complexity index is 650. The molecular weight excluding hydrogens is 272 g/mol. The molecule has 2 heterocycles. The highest BCUT2D eigenvalue weighted by Crippen LogP contribution is 2.35. The van der Waals surface area contributed by atoms with Crippen LogP contribution in [0, 0.1) is 13.8 Å². The van der Waals surface area contributed by atoms with Gasteiger partial charge in [-0.15, -0.1) is 16.4 Å². The van der Waals surface area contributed by atoms with Gasteiger partial charge in [-0.2, -0.15) is 5.10 Å². The summed E-state index contributed by atoms with van der Waals surface area (Å²) in [5, 5.41) is 9.11. The normalized spacial score (nSPS) is 11.0. The molecular formula is C14H20N4OS. The zero-order valence-corrected chi connectivity index (χ0v) is 13.2. The molecule has 0 saturated carbocycles. The number of thiophene rings is 1. The number of aryl methyl sites for hydroxylation is 2. The number of hydrogen-bond donors (Lipinski definition) is 1. The Morgan fingerprint density at radius 2 is 2.05 bits per heavy atom. The van der Waals surface area contributed by atoms with Crippen LogP contribution in [0.3, 0.4) is 0 Å². The van der Waals surface area contributed by atoms with E-state index in [0.29, 0.717) is 10.6 Å². The minimum atomic E-state index is -0.0315. The third-order valence-corrected chi connectivity index (χ3v) is 4.60. The molecule has 0 saturated heterocycles. The summed E-state index contributed by atoms with van der Waals surface area (Å²) in [6.07, 6.45) is 2.05. The summed E-state index contributed by atoms with van der Waals surface area (Å²) < 4.78 is 0. The molecule has 0 fully saturated rings. The minimum absolute atomic E-state index is 0.0315. The predicted molar refractivity (Wildman–Crippen MR) is 83.2 cm³/mol. The second-order valence-corrected chi connectivity index (χ2v) is 6.01. The molecule has 0 aliphatic rings. The van der Waals surface area contributed by atoms with Crippen LogP contribution < -0.4 is 5.73 Å². The van der Waals surface area contributed by atoms with E-state index in [4.69, 9.17) is 5.73 Å². The van der Waals surface area contributed by atoms with Gasteiger partial charge in [-0.3, -0.25) is 4.79 Å². The fourth-order valence-electron chi connectivity index (χ4n) is 2.07. The number of carbonyl (C=O) groups is 1. The maximum absolute atomic E-state index is 12.4. The summed E-state index contributed by atoms with van der Waals surface area (Å²) in [4.78, 5) is 15.5. The van der Waals surface area contributed by atoms with E-state index in [1.165, 1.54) is 11.3 Å². The molecule has 2 rings (SSSR count). The number of carbonyl (C=O) groups excluding carboxylic acids is 1. The third-order valence-electron chi connectivity index (χ3n) is 3.52. The second kappa shape index (κ2) is 5.75. The molecule has 108 valence electrons. The molecule has 0 bridgehead atoms. The van der Waals surface area contributed by atoms with E-state index < -0.39 is 0 Å². The van der Waals surface area contributed by atoms with Crippen molar-refractivity contribution >= 4 is 33.1 Å². The number of nitrogen functional groups attached to an aromatic ring is 1. The number of hydrogen-bond acceptors (Lipinski definition) is 5. The molecule has 5 nitrogen and oxygen atoms in total. The first-order chi connectivity index (χ1) is 9.47. The lowest BCUT2D eigenvalue weighted by Crippen LogP contribution is -2.27. The summed E-state index contributed by atoms with van der Waals surface area (Å²) in [5.74, 6) is -0.0315. The van der Waals surface area contributed by atoms with Gasteiger partial charge in [0.15, 0.2) is 0 Å². The van der Waals surface area contributed by atoms with E-state index in [9.17, 15) is 4.79 Å². The van der Waals surface area contributed by atoms with Crippen molar-refractivity contribution in [3.8, 4) is 0 Å². The van der Waals surface area contributed by atoms with E-state index in [-0.39, 0.29) is 5.91 Å². The molecule has 0 unspecified atom stereocenters. The Morgan fingerprint density at radius 3 is 2.70 bits per heavy atom. The van der Waals surface area contributed by atoms with E-state index in [1.807, 2.05) is 20.9 Å². The van der Waals surface area contributed by atoms with Crippen molar-refractivity contribution in [2.75, 3.05) is 19.3 Å². The smallest absolute Gasteiger partial charge is 0.265 e. The largest absolute Gasteiger partial charge is 0.397 e. The van der Waals surface area contributed by atoms with Crippen molar-refractivity contribution in [2.45, 2.75) is 33.6 Å². The van der Waals surface area contributed by atoms with Crippen molar-refractivity contribution in [3.63, 3.8) is 0 Å². The standard InChI is InChI=1S/C14H20N4OS/c1-5-6-7-18(4)14(19)12-11(15)10-8(2)9(3)16-17-13(10)20-12/h5-7,15H2,1-4H3. The first-order valence-corrected chi connectivity index (χ1v) is 7.56. The number of nitrogens with two attached hydrogens (primary N) is 1. The topological polar surface area (TPSA) is 72.1 Å². The summed E-state index contributed by atoms with van der Waals surface area (Å²) in [7, 11) is 1.81. The number of anilines is 1. The predicted octanol–water partition coefficient (Wildman–Crippen LogP) is 2.76. The maximum atomic E-state index is 12.4. The summed E-state index contributed by atoms with van der Waals surface area (Å²) in [5.41, 5.74) is 8.55. The zero-order chi connectivity index (χ0) is 14.9. The van der Waals surface area contributed by atoms with Gasteiger partial charge in [-0.1, -0.05) is 13.3 Å². The van der Waals surface area contributed by atoms with E-state index in [1.54, 1.807) is 4.90 Å². The summed E-state index contributed by atoms with van der Waals surface area (Å²) >= 11 is 1.33. The van der Waals surface area contributed by atoms with Crippen LogP contribution in [0.25, 0.3) is 10.2 Å². The van der Waals surface area contributed by atoms with Crippen LogP contribution in [0.5, 0.6) is 0 Å². The highest BCUT2D eigenvalue weighted by atomic mass is 32.1. The van der Waals surface area contributed by atoms with Gasteiger partial charge in [-0.05, 0) is 25.8 Å². The van der Waals surface area contributed by atoms with Gasteiger partial charge in [-0.25, -0.2) is 0 Å². The molecule has 2 aromatic heterocycles. The van der Waals surface area contributed by atoms with E-state index in [0.717, 1.165) is 40.9 Å². The van der Waals surface area contributed by atoms with Crippen molar-refractivity contribution in [1.82, 2.24) is 15.1 Å². The molecule has 6 heteroatoms. The highest BCUT2D eigenvalue weighted by molar-refractivity contribution is 7.21. The van der Waals surface area contributed by atoms with Gasteiger partial charge in [0.25, 0.3) is 5.91 Å². The number of fused-ring (bicyclic) bond motifs is 1. The van der Waals surface area contributed by atoms with E-state index in [2.05, 4.69) is 17.1 Å². The quantitative estimate of drug-likeness (QED) is 0.940. The molecule has 2 aromatic rings. The lowest BCUT2D eigenvalue weighted by molar-refractivity contribution is 0.0799. The summed E-state index contributed by atoms with van der Waals surface area (Å²) in [6.45, 7) is 6.71. The monoisotopic (exact) mass is 292 g/mol. The SMILES string of the molecule is CCCCN(C)C(=O)c1sc2nnc(C)c(C)c2c1N. The van der Waals surface area contributed by atoms with Crippen molar-refractivity contribution in [1.29, 1.82) is 0 Å². The molecule has 0 radical (unpaired) electrons. The number of unbranched alkanes of at least 4 members (excludes halogenated alkanes) is 1. The van der Waals surface area contributed by atoms with Crippen LogP contribution in [0.4, 0.5) is 5.69 Å². The lowest BCUT2D eigenvalue weighted by atomic mass is 10.1. The Hall–Kier alpha value is -1.69. The molecule has 0 aliphatic carbocycles. The Balaban J connectivity index is 2.43. The first kappa shape index (κ1) is 14.7. The van der Waals surface area contributed by atoms with Crippen LogP contribution >= 0.6 is 11.3 Å². The molecule has 0 aliphatic heterocycles. The van der Waals surface area contributed by atoms with Crippen LogP contribution in [0.2, 0.25) is 0 Å². The van der Waals surface area contributed by atoms with Crippen LogP contribution in [-0.4, -0.2) is 34.6 Å². The number of amides is 1. The molecule has 0 aromatic carbocycles. The third kappa shape index (κ3) is 2.47. The average Bonchev–Trinajstić information content (AvgIpc) is 2.77. The van der Waals surface area contributed by atoms with Gasteiger partial charge in [0.1, 0.15) is 9.71 Å². The van der Waals surface area contributed by atoms with Crippen LogP contribution in [0.15, 0.2) is 0 Å². The number of aromatic nitrogens is 2. The van der Waals surface area contributed by atoms with Gasteiger partial charge in [0, 0.05) is 19.0 Å². The highest BCUT2D eigenvalue weighted by Gasteiger charge is 2.22. The average molecular weight is 292 g/mol. The molecule has 0 spiro atoms. The van der Waals surface area contributed by atoms with Crippen molar-refractivity contribution < 1.29 is 4.79 Å². The molecule has 0 atom stereocenters. The Morgan fingerprint density at radius 1 is 1.35 bits per heavy atom. The minimum Gasteiger partial charge on any atom is -0.397 e. The van der Waals surface area contributed by atoms with Crippen molar-refractivity contribution in [2.24, 2.45) is 0 Å². The number of rotatable bonds is 4. The number of nitrogens with zero attached hydrogens (tertiary/aromatic N) is 3. The van der Waals surface area contributed by atoms with Crippen LogP contribution in [-0.2, 0) is 0 Å².